The molecule has 2 aromatic carbocycles. The van der Waals surface area contributed by atoms with E-state index in [9.17, 15) is 14.4 Å². The quantitative estimate of drug-likeness (QED) is 0.329. The molecule has 0 aromatic heterocycles. The van der Waals surface area contributed by atoms with Gasteiger partial charge in [-0.2, -0.15) is 0 Å². The van der Waals surface area contributed by atoms with Gasteiger partial charge in [0.2, 0.25) is 5.78 Å². The Hall–Kier alpha value is -2.93. The summed E-state index contributed by atoms with van der Waals surface area (Å²) in [7, 11) is 1.56. The molecule has 33 heavy (non-hydrogen) atoms. The third kappa shape index (κ3) is 4.34. The topological polar surface area (TPSA) is 76.0 Å². The van der Waals surface area contributed by atoms with E-state index in [0.717, 1.165) is 35.7 Å². The highest BCUT2D eigenvalue weighted by Crippen LogP contribution is 2.38. The highest BCUT2D eigenvalue weighted by molar-refractivity contribution is 8.14. The van der Waals surface area contributed by atoms with E-state index in [2.05, 4.69) is 4.99 Å². The molecule has 0 saturated carbocycles. The Morgan fingerprint density at radius 2 is 1.76 bits per heavy atom. The molecule has 2 heterocycles. The fraction of sp³-hybridized carbons (Fsp3) is 0.385. The van der Waals surface area contributed by atoms with Crippen LogP contribution in [0.4, 0.5) is 5.69 Å². The van der Waals surface area contributed by atoms with Crippen molar-refractivity contribution in [2.45, 2.75) is 32.7 Å². The summed E-state index contributed by atoms with van der Waals surface area (Å²) in [6.07, 6.45) is 1.52. The van der Waals surface area contributed by atoms with E-state index in [1.54, 1.807) is 48.0 Å². The number of ether oxygens (including phenoxy) is 1. The summed E-state index contributed by atoms with van der Waals surface area (Å²) in [5, 5.41) is 0.995. The Morgan fingerprint density at radius 3 is 2.30 bits per heavy atom. The summed E-state index contributed by atoms with van der Waals surface area (Å²) < 4.78 is 5.18. The summed E-state index contributed by atoms with van der Waals surface area (Å²) in [6.45, 7) is 4.88. The average Bonchev–Trinajstić information content (AvgIpc) is 3.47. The zero-order chi connectivity index (χ0) is 23.5. The summed E-state index contributed by atoms with van der Waals surface area (Å²) >= 11 is 1.71. The van der Waals surface area contributed by atoms with E-state index in [1.807, 2.05) is 38.1 Å². The van der Waals surface area contributed by atoms with E-state index < -0.39 is 23.7 Å². The van der Waals surface area contributed by atoms with Gasteiger partial charge in [-0.05, 0) is 42.3 Å². The molecule has 0 N–H and O–H groups in total. The van der Waals surface area contributed by atoms with Gasteiger partial charge >= 0.3 is 0 Å². The molecule has 2 aromatic rings. The number of carbonyl (C=O) groups excluding carboxylic acids is 3. The maximum Gasteiger partial charge on any atom is 0.295 e. The van der Waals surface area contributed by atoms with Gasteiger partial charge in [-0.15, -0.1) is 11.8 Å². The molecule has 1 fully saturated rings. The van der Waals surface area contributed by atoms with E-state index in [-0.39, 0.29) is 11.7 Å². The van der Waals surface area contributed by atoms with Crippen molar-refractivity contribution in [2.75, 3.05) is 24.3 Å². The summed E-state index contributed by atoms with van der Waals surface area (Å²) in [4.78, 5) is 46.0. The Morgan fingerprint density at radius 1 is 1.09 bits per heavy atom. The molecule has 2 unspecified atom stereocenters. The van der Waals surface area contributed by atoms with Crippen LogP contribution in [0.5, 0.6) is 5.75 Å². The van der Waals surface area contributed by atoms with Gasteiger partial charge < -0.3 is 9.64 Å². The molecule has 1 amide bonds. The number of hydrogen-bond acceptors (Lipinski definition) is 6. The van der Waals surface area contributed by atoms with Crippen LogP contribution in [0, 0.1) is 11.8 Å². The van der Waals surface area contributed by atoms with E-state index in [4.69, 9.17) is 4.74 Å². The normalized spacial score (nSPS) is 20.5. The van der Waals surface area contributed by atoms with E-state index in [1.165, 1.54) is 0 Å². The first-order valence-electron chi connectivity index (χ1n) is 11.3. The number of anilines is 1. The number of aliphatic imine (C=N–C) groups is 1. The molecule has 4 rings (SSSR count). The number of Topliss-reactive ketones (excluding diaryl/α,β-unsaturated/α-hetero) is 2. The Bertz CT molecular complexity index is 1070. The number of rotatable bonds is 8. The van der Waals surface area contributed by atoms with Crippen molar-refractivity contribution in [1.29, 1.82) is 0 Å². The smallest absolute Gasteiger partial charge is 0.295 e. The minimum atomic E-state index is -1.02. The highest BCUT2D eigenvalue weighted by atomic mass is 32.2. The first-order chi connectivity index (χ1) is 16.0. The minimum absolute atomic E-state index is 0.0158. The summed E-state index contributed by atoms with van der Waals surface area (Å²) in [5.74, 6) is -0.964. The molecule has 6 nitrogen and oxygen atoms in total. The lowest BCUT2D eigenvalue weighted by Gasteiger charge is -2.33. The molecule has 0 radical (unpaired) electrons. The number of amides is 1. The summed E-state index contributed by atoms with van der Waals surface area (Å²) in [5.41, 5.74) is 2.05. The average molecular weight is 465 g/mol. The van der Waals surface area contributed by atoms with Crippen LogP contribution < -0.4 is 9.64 Å². The van der Waals surface area contributed by atoms with Crippen LogP contribution in [0.15, 0.2) is 53.5 Å². The molecule has 2 atom stereocenters. The largest absolute Gasteiger partial charge is 0.497 e. The van der Waals surface area contributed by atoms with Gasteiger partial charge in [0.05, 0.1) is 18.2 Å². The second kappa shape index (κ2) is 9.91. The van der Waals surface area contributed by atoms with Crippen LogP contribution >= 0.6 is 11.8 Å². The zero-order valence-electron chi connectivity index (χ0n) is 19.1. The van der Waals surface area contributed by atoms with Crippen LogP contribution in [-0.2, 0) is 9.59 Å². The van der Waals surface area contributed by atoms with Gasteiger partial charge in [0.1, 0.15) is 11.7 Å². The van der Waals surface area contributed by atoms with Crippen LogP contribution in [-0.4, -0.2) is 48.0 Å². The maximum atomic E-state index is 13.5. The van der Waals surface area contributed by atoms with Crippen molar-refractivity contribution >= 4 is 40.0 Å². The molecule has 0 bridgehead atoms. The van der Waals surface area contributed by atoms with Gasteiger partial charge in [-0.3, -0.25) is 19.4 Å². The molecule has 7 heteroatoms. The first kappa shape index (κ1) is 23.2. The second-order valence-corrected chi connectivity index (χ2v) is 9.34. The fourth-order valence-electron chi connectivity index (χ4n) is 4.72. The molecule has 2 aliphatic heterocycles. The molecule has 172 valence electrons. The Kier molecular flexibility index (Phi) is 6.98. The third-order valence-corrected chi connectivity index (χ3v) is 7.54. The second-order valence-electron chi connectivity index (χ2n) is 8.26. The maximum absolute atomic E-state index is 13.5. The van der Waals surface area contributed by atoms with Gasteiger partial charge in [-0.1, -0.05) is 38.8 Å². The number of benzene rings is 2. The standard InChI is InChI=1S/C26H28N2O4S/c1-4-16(5-2)22-21(23(29)17-8-12-20(32-3)13-9-17)24(30)26(31)28(22)19-10-6-18(7-11-19)25-27-14-15-33-25/h6-13,16,21-22H,4-5,14-15H2,1-3H3. The molecular formula is C26H28N2O4S. The van der Waals surface area contributed by atoms with Crippen molar-refractivity contribution in [1.82, 2.24) is 0 Å². The van der Waals surface area contributed by atoms with Crippen LogP contribution in [0.3, 0.4) is 0 Å². The van der Waals surface area contributed by atoms with Gasteiger partial charge in [0.15, 0.2) is 5.78 Å². The summed E-state index contributed by atoms with van der Waals surface area (Å²) in [6, 6.07) is 13.8. The molecule has 1 saturated heterocycles. The van der Waals surface area contributed by atoms with Crippen molar-refractivity contribution < 1.29 is 19.1 Å². The predicted octanol–water partition coefficient (Wildman–Crippen LogP) is 4.41. The Labute approximate surface area is 198 Å². The number of ketones is 2. The number of hydrogen-bond donors (Lipinski definition) is 0. The van der Waals surface area contributed by atoms with E-state index >= 15 is 0 Å². The first-order valence-corrected chi connectivity index (χ1v) is 12.3. The SMILES string of the molecule is CCC(CC)C1C(C(=O)c2ccc(OC)cc2)C(=O)C(=O)N1c1ccc(C2=NCCS2)cc1. The van der Waals surface area contributed by atoms with Gasteiger partial charge in [-0.25, -0.2) is 0 Å². The number of methoxy groups -OCH3 is 1. The highest BCUT2D eigenvalue weighted by Gasteiger charge is 2.53. The number of carbonyl (C=O) groups is 3. The van der Waals surface area contributed by atoms with Crippen molar-refractivity contribution in [3.05, 3.63) is 59.7 Å². The number of thioether (sulfide) groups is 1. The van der Waals surface area contributed by atoms with Gasteiger partial charge in [0.25, 0.3) is 5.91 Å². The van der Waals surface area contributed by atoms with Gasteiger partial charge in [0, 0.05) is 29.1 Å². The monoisotopic (exact) mass is 464 g/mol. The molecule has 0 spiro atoms. The molecule has 2 aliphatic rings. The minimum Gasteiger partial charge on any atom is -0.497 e. The fourth-order valence-corrected chi connectivity index (χ4v) is 5.58. The van der Waals surface area contributed by atoms with E-state index in [0.29, 0.717) is 17.0 Å². The van der Waals surface area contributed by atoms with Crippen LogP contribution in [0.1, 0.15) is 42.6 Å². The van der Waals surface area contributed by atoms with Crippen LogP contribution in [0.25, 0.3) is 0 Å². The Balaban J connectivity index is 1.71. The zero-order valence-corrected chi connectivity index (χ0v) is 19.9. The third-order valence-electron chi connectivity index (χ3n) is 6.52. The lowest BCUT2D eigenvalue weighted by Crippen LogP contribution is -2.43. The molecule has 0 aliphatic carbocycles. The van der Waals surface area contributed by atoms with Crippen molar-refractivity contribution in [3.63, 3.8) is 0 Å². The molecular weight excluding hydrogens is 436 g/mol. The lowest BCUT2D eigenvalue weighted by atomic mass is 9.81. The van der Waals surface area contributed by atoms with Crippen molar-refractivity contribution in [3.8, 4) is 5.75 Å². The van der Waals surface area contributed by atoms with Crippen LogP contribution in [0.2, 0.25) is 0 Å². The number of nitrogens with zero attached hydrogens (tertiary/aromatic N) is 2. The van der Waals surface area contributed by atoms with Crippen molar-refractivity contribution in [2.24, 2.45) is 16.8 Å². The predicted molar refractivity (Wildman–Crippen MR) is 131 cm³/mol. The lowest BCUT2D eigenvalue weighted by molar-refractivity contribution is -0.135.